The van der Waals surface area contributed by atoms with E-state index in [-0.39, 0.29) is 44.9 Å². The normalized spacial score (nSPS) is 52.0. The first-order chi connectivity index (χ1) is 36.6. The third-order valence-electron chi connectivity index (χ3n) is 16.6. The molecule has 8 fully saturated rings. The molecule has 8 aliphatic rings. The van der Waals surface area contributed by atoms with Crippen LogP contribution in [0.3, 0.4) is 0 Å². The first-order valence-corrected chi connectivity index (χ1v) is 26.4. The summed E-state index contributed by atoms with van der Waals surface area (Å²) in [7, 11) is 0. The Balaban J connectivity index is 0.991. The lowest BCUT2D eigenvalue weighted by molar-refractivity contribution is -0.390. The molecular weight excluding hydrogens is 1040 g/mol. The highest BCUT2D eigenvalue weighted by Gasteiger charge is 2.58. The average molecular weight is 1120 g/mol. The second kappa shape index (κ2) is 26.6. The van der Waals surface area contributed by atoms with Gasteiger partial charge in [-0.05, 0) is 50.9 Å². The number of allylic oxidation sites excluding steroid dienone is 1. The van der Waals surface area contributed by atoms with Crippen molar-refractivity contribution in [1.82, 2.24) is 0 Å². The molecule has 77 heavy (non-hydrogen) atoms. The van der Waals surface area contributed by atoms with Crippen LogP contribution in [0.2, 0.25) is 0 Å². The van der Waals surface area contributed by atoms with Crippen molar-refractivity contribution in [2.24, 2.45) is 17.8 Å². The molecule has 29 heteroatoms. The van der Waals surface area contributed by atoms with Gasteiger partial charge in [-0.1, -0.05) is 6.08 Å². The predicted molar refractivity (Wildman–Crippen MR) is 247 cm³/mol. The molecule has 3 saturated carbocycles. The Morgan fingerprint density at radius 3 is 1.53 bits per heavy atom. The Morgan fingerprint density at radius 1 is 0.468 bits per heavy atom. The molecule has 0 aromatic carbocycles. The second-order valence-corrected chi connectivity index (χ2v) is 21.8. The lowest BCUT2D eigenvalue weighted by Crippen LogP contribution is -2.66. The van der Waals surface area contributed by atoms with Crippen LogP contribution in [0.5, 0.6) is 0 Å². The zero-order chi connectivity index (χ0) is 55.7. The van der Waals surface area contributed by atoms with E-state index in [4.69, 9.17) is 47.4 Å². The van der Waals surface area contributed by atoms with Crippen molar-refractivity contribution in [3.05, 3.63) is 12.2 Å². The van der Waals surface area contributed by atoms with Crippen LogP contribution in [0.1, 0.15) is 57.8 Å². The Hall–Kier alpha value is -1.87. The Morgan fingerprint density at radius 2 is 0.987 bits per heavy atom. The number of hydrogen-bond donors (Lipinski definition) is 18. The number of aliphatic hydroxyl groups excluding tert-OH is 18. The molecule has 32 atom stereocenters. The van der Waals surface area contributed by atoms with Gasteiger partial charge < -0.3 is 139 Å². The van der Waals surface area contributed by atoms with Crippen LogP contribution in [0.4, 0.5) is 0 Å². The van der Waals surface area contributed by atoms with Crippen LogP contribution in [-0.4, -0.2) is 307 Å². The number of aliphatic hydroxyl groups is 20. The molecular formula is C48H79O29+. The number of rotatable bonds is 16. The first kappa shape index (κ1) is 61.2. The van der Waals surface area contributed by atoms with Gasteiger partial charge in [-0.25, -0.2) is 4.79 Å². The van der Waals surface area contributed by atoms with E-state index in [1.165, 1.54) is 6.08 Å². The molecule has 0 bridgehead atoms. The van der Waals surface area contributed by atoms with Crippen molar-refractivity contribution >= 4 is 5.97 Å². The zero-order valence-electron chi connectivity index (χ0n) is 41.9. The van der Waals surface area contributed by atoms with E-state index in [9.17, 15) is 96.7 Å². The van der Waals surface area contributed by atoms with Crippen LogP contribution < -0.4 is 0 Å². The summed E-state index contributed by atoms with van der Waals surface area (Å²) >= 11 is 0. The van der Waals surface area contributed by atoms with Crippen molar-refractivity contribution in [2.75, 3.05) is 26.4 Å². The second-order valence-electron chi connectivity index (χ2n) is 21.8. The number of esters is 1. The summed E-state index contributed by atoms with van der Waals surface area (Å²) < 4.78 is 58.2. The number of fused-ring (bicyclic) bond motifs is 1. The van der Waals surface area contributed by atoms with Crippen LogP contribution >= 0.6 is 0 Å². The van der Waals surface area contributed by atoms with Crippen LogP contribution in [0.25, 0.3) is 0 Å². The topological polar surface area (TPSA) is 477 Å². The maximum atomic E-state index is 13.2. The highest BCUT2D eigenvalue weighted by molar-refractivity contribution is 5.81. The van der Waals surface area contributed by atoms with Gasteiger partial charge >= 0.3 is 5.97 Å². The standard InChI is InChI=1S/C48H78O29/c49-12-27-32(57)36(61)40(65)45(73-27)70-23-5-1-16(7-22(23)55)2-6-31(56)68-15-30-35(60)39(64)44(77-47-42(67)38(63)34(59)29(14-51)75-47)48(76-30)72-26-11-19-24(69-43(26)17-3-4-20(53)21(54)8-17)9-18(52)10-25(19)71-46-41(66)37(62)33(58)28(13-50)74-46/h2,6,16-30,32-55,57-67H,1,3-5,7-15H2/p+1. The van der Waals surface area contributed by atoms with Crippen molar-refractivity contribution in [1.29, 1.82) is 0 Å². The smallest absolute Gasteiger partial charge is 0.330 e. The van der Waals surface area contributed by atoms with Gasteiger partial charge in [0.15, 0.2) is 37.4 Å². The van der Waals surface area contributed by atoms with Crippen LogP contribution in [-0.2, 0) is 47.4 Å². The van der Waals surface area contributed by atoms with E-state index in [0.717, 1.165) is 6.08 Å². The van der Waals surface area contributed by atoms with E-state index >= 15 is 0 Å². The molecule has 0 aromatic heterocycles. The molecule has 32 unspecified atom stereocenters. The van der Waals surface area contributed by atoms with Gasteiger partial charge in [0.2, 0.25) is 0 Å². The monoisotopic (exact) mass is 1120 g/mol. The summed E-state index contributed by atoms with van der Waals surface area (Å²) in [5, 5.41) is 191. The SMILES string of the molecule is O=C(C=CC1CCC(OC2OC(CO)C(O)C(O)C2O)C(O)C1)OCC1OC(OC2CC3C(OC4OC(CO)C(O)C(O)C4O)CC(O)CC3[OH+]C2C2CCC(O)C(O)C2)C(OC2OC(CO)C(O)C(O)C2O)C(O)C1O. The summed E-state index contributed by atoms with van der Waals surface area (Å²) in [5.41, 5.74) is 0. The van der Waals surface area contributed by atoms with Crippen molar-refractivity contribution < 1.29 is 144 Å². The quantitative estimate of drug-likeness (QED) is 0.0388. The lowest BCUT2D eigenvalue weighted by Gasteiger charge is -2.50. The Bertz CT molecular complexity index is 1890. The van der Waals surface area contributed by atoms with E-state index in [1.807, 2.05) is 0 Å². The molecule has 3 aliphatic carbocycles. The third kappa shape index (κ3) is 13.6. The van der Waals surface area contributed by atoms with Crippen molar-refractivity contribution in [2.45, 2.75) is 236 Å². The minimum Gasteiger partial charge on any atom is -0.460 e. The number of ether oxygens (including phenoxy) is 10. The highest BCUT2D eigenvalue weighted by atomic mass is 16.8. The molecule has 5 saturated heterocycles. The third-order valence-corrected chi connectivity index (χ3v) is 16.6. The number of carbonyl (C=O) groups is 1. The summed E-state index contributed by atoms with van der Waals surface area (Å²) in [6.07, 6.45) is -39.3. The first-order valence-electron chi connectivity index (χ1n) is 26.4. The summed E-state index contributed by atoms with van der Waals surface area (Å²) in [5.74, 6) is -2.51. The molecule has 5 aliphatic heterocycles. The molecule has 8 rings (SSSR count). The van der Waals surface area contributed by atoms with Gasteiger partial charge in [0.25, 0.3) is 0 Å². The van der Waals surface area contributed by atoms with Crippen molar-refractivity contribution in [3.63, 3.8) is 0 Å². The highest BCUT2D eigenvalue weighted by Crippen LogP contribution is 2.44. The fraction of sp³-hybridized carbons (Fsp3) is 0.938. The van der Waals surface area contributed by atoms with Crippen LogP contribution in [0, 0.1) is 17.8 Å². The lowest BCUT2D eigenvalue weighted by atomic mass is 9.72. The van der Waals surface area contributed by atoms with Gasteiger partial charge in [0.05, 0.1) is 62.4 Å². The van der Waals surface area contributed by atoms with Gasteiger partial charge in [0, 0.05) is 24.8 Å². The minimum absolute atomic E-state index is 0.00496. The molecule has 444 valence electrons. The van der Waals surface area contributed by atoms with Gasteiger partial charge in [0.1, 0.15) is 110 Å². The number of carbonyl (C=O) groups excluding carboxylic acids is 1. The summed E-state index contributed by atoms with van der Waals surface area (Å²) in [6, 6.07) is 0. The summed E-state index contributed by atoms with van der Waals surface area (Å²) in [4.78, 5) is 13.2. The average Bonchev–Trinajstić information content (AvgIpc) is 3.41. The fourth-order valence-electron chi connectivity index (χ4n) is 12.1. The van der Waals surface area contributed by atoms with Gasteiger partial charge in [-0.2, -0.15) is 0 Å². The molecule has 0 aromatic rings. The molecule has 0 spiro atoms. The molecule has 19 N–H and O–H groups in total. The predicted octanol–water partition coefficient (Wildman–Crippen LogP) is -9.40. The van der Waals surface area contributed by atoms with Gasteiger partial charge in [-0.15, -0.1) is 0 Å². The van der Waals surface area contributed by atoms with E-state index in [2.05, 4.69) is 0 Å². The molecule has 0 amide bonds. The minimum atomic E-state index is -2.02. The fourth-order valence-corrected chi connectivity index (χ4v) is 12.1. The van der Waals surface area contributed by atoms with Crippen molar-refractivity contribution in [3.8, 4) is 0 Å². The molecule has 29 nitrogen and oxygen atoms in total. The van der Waals surface area contributed by atoms with E-state index in [0.29, 0.717) is 12.8 Å². The number of hydrogen-bond acceptors (Lipinski definition) is 28. The summed E-state index contributed by atoms with van der Waals surface area (Å²) in [6.45, 7) is -2.99. The van der Waals surface area contributed by atoms with Crippen LogP contribution in [0.15, 0.2) is 12.2 Å². The Kier molecular flexibility index (Phi) is 21.1. The van der Waals surface area contributed by atoms with Gasteiger partial charge in [-0.3, -0.25) is 0 Å². The maximum Gasteiger partial charge on any atom is 0.330 e. The maximum absolute atomic E-state index is 13.2. The van der Waals surface area contributed by atoms with E-state index < -0.39 is 228 Å². The zero-order valence-corrected chi connectivity index (χ0v) is 41.9. The Labute approximate surface area is 441 Å². The molecule has 5 heterocycles. The molecule has 0 radical (unpaired) electrons. The van der Waals surface area contributed by atoms with E-state index in [1.54, 1.807) is 0 Å². The largest absolute Gasteiger partial charge is 0.460 e.